The Morgan fingerprint density at radius 2 is 1.79 bits per heavy atom. The Balaban J connectivity index is 2.24. The second kappa shape index (κ2) is 6.74. The molecule has 0 bridgehead atoms. The van der Waals surface area contributed by atoms with Crippen molar-refractivity contribution in [1.29, 1.82) is 0 Å². The Hall–Kier alpha value is -0.570. The van der Waals surface area contributed by atoms with E-state index in [1.54, 1.807) is 12.1 Å². The summed E-state index contributed by atoms with van der Waals surface area (Å²) in [6.07, 6.45) is 0.711. The summed E-state index contributed by atoms with van der Waals surface area (Å²) in [6.45, 7) is 0. The average molecular weight is 362 g/mol. The molecule has 1 atom stereocenters. The molecule has 0 aliphatic heterocycles. The summed E-state index contributed by atoms with van der Waals surface area (Å²) in [4.78, 5) is 0. The molecule has 0 amide bonds. The number of hydrogen-bond acceptors (Lipinski definition) is 0. The minimum atomic E-state index is -0.174. The van der Waals surface area contributed by atoms with Crippen LogP contribution < -0.4 is 0 Å². The van der Waals surface area contributed by atoms with Gasteiger partial charge in [-0.05, 0) is 35.7 Å². The fourth-order valence-corrected chi connectivity index (χ4v) is 2.90. The molecule has 0 aliphatic carbocycles. The third-order valence-corrected chi connectivity index (χ3v) is 4.52. The Morgan fingerprint density at radius 3 is 2.42 bits per heavy atom. The fraction of sp³-hybridized carbons (Fsp3) is 0.200. The minimum Gasteiger partial charge on any atom is -0.207 e. The monoisotopic (exact) mass is 360 g/mol. The highest BCUT2D eigenvalue weighted by atomic mass is 79.9. The maximum absolute atomic E-state index is 13.8. The van der Waals surface area contributed by atoms with Gasteiger partial charge in [0.15, 0.2) is 0 Å². The normalized spacial score (nSPS) is 12.4. The first-order valence-electron chi connectivity index (χ1n) is 5.86. The van der Waals surface area contributed by atoms with E-state index in [0.717, 1.165) is 5.56 Å². The molecule has 0 heterocycles. The van der Waals surface area contributed by atoms with Crippen LogP contribution in [-0.4, -0.2) is 5.33 Å². The molecule has 0 saturated carbocycles. The van der Waals surface area contributed by atoms with E-state index in [1.165, 1.54) is 6.07 Å². The van der Waals surface area contributed by atoms with Gasteiger partial charge in [-0.3, -0.25) is 0 Å². The third kappa shape index (κ3) is 3.71. The van der Waals surface area contributed by atoms with Gasteiger partial charge in [0.1, 0.15) is 5.82 Å². The average Bonchev–Trinajstić information content (AvgIpc) is 2.41. The van der Waals surface area contributed by atoms with E-state index >= 15 is 0 Å². The molecule has 100 valence electrons. The van der Waals surface area contributed by atoms with E-state index in [2.05, 4.69) is 15.9 Å². The van der Waals surface area contributed by atoms with Crippen LogP contribution in [0.15, 0.2) is 42.5 Å². The molecular weight excluding hydrogens is 350 g/mol. The zero-order chi connectivity index (χ0) is 13.8. The highest BCUT2D eigenvalue weighted by molar-refractivity contribution is 9.09. The molecule has 0 aliphatic rings. The maximum atomic E-state index is 13.8. The Bertz CT molecular complexity index is 572. The number of alkyl halides is 1. The maximum Gasteiger partial charge on any atom is 0.126 e. The van der Waals surface area contributed by atoms with Crippen molar-refractivity contribution in [3.8, 4) is 0 Å². The quantitative estimate of drug-likeness (QED) is 0.599. The molecule has 0 N–H and O–H groups in total. The van der Waals surface area contributed by atoms with Crippen molar-refractivity contribution in [1.82, 2.24) is 0 Å². The summed E-state index contributed by atoms with van der Waals surface area (Å²) in [5.74, 6) is -0.106. The highest BCUT2D eigenvalue weighted by Gasteiger charge is 2.15. The van der Waals surface area contributed by atoms with Crippen molar-refractivity contribution in [2.75, 3.05) is 5.33 Å². The molecule has 0 spiro atoms. The highest BCUT2D eigenvalue weighted by Crippen LogP contribution is 2.28. The van der Waals surface area contributed by atoms with E-state index in [9.17, 15) is 4.39 Å². The van der Waals surface area contributed by atoms with Gasteiger partial charge in [-0.15, -0.1) is 0 Å². The Morgan fingerprint density at radius 1 is 1.05 bits per heavy atom. The van der Waals surface area contributed by atoms with E-state index in [0.29, 0.717) is 27.4 Å². The molecule has 2 aromatic carbocycles. The van der Waals surface area contributed by atoms with Gasteiger partial charge in [-0.1, -0.05) is 63.4 Å². The van der Waals surface area contributed by atoms with Gasteiger partial charge in [0.2, 0.25) is 0 Å². The number of benzene rings is 2. The van der Waals surface area contributed by atoms with Crippen molar-refractivity contribution in [3.63, 3.8) is 0 Å². The summed E-state index contributed by atoms with van der Waals surface area (Å²) in [6, 6.07) is 12.4. The smallest absolute Gasteiger partial charge is 0.126 e. The number of hydrogen-bond donors (Lipinski definition) is 0. The second-order valence-corrected chi connectivity index (χ2v) is 5.79. The van der Waals surface area contributed by atoms with Crippen molar-refractivity contribution in [2.45, 2.75) is 12.3 Å². The second-order valence-electron chi connectivity index (χ2n) is 4.33. The molecule has 0 saturated heterocycles. The van der Waals surface area contributed by atoms with Gasteiger partial charge >= 0.3 is 0 Å². The van der Waals surface area contributed by atoms with Crippen LogP contribution in [0.3, 0.4) is 0 Å². The number of rotatable bonds is 4. The molecule has 2 rings (SSSR count). The minimum absolute atomic E-state index is 0.0680. The van der Waals surface area contributed by atoms with Gasteiger partial charge in [0.25, 0.3) is 0 Å². The van der Waals surface area contributed by atoms with Gasteiger partial charge in [0.05, 0.1) is 10.0 Å². The summed E-state index contributed by atoms with van der Waals surface area (Å²) in [7, 11) is 0. The summed E-state index contributed by atoms with van der Waals surface area (Å²) in [5, 5.41) is 1.75. The van der Waals surface area contributed by atoms with E-state index in [-0.39, 0.29) is 11.7 Å². The zero-order valence-electron chi connectivity index (χ0n) is 10.0. The van der Waals surface area contributed by atoms with E-state index in [4.69, 9.17) is 23.2 Å². The Kier molecular flexibility index (Phi) is 5.26. The van der Waals surface area contributed by atoms with Crippen LogP contribution in [0.25, 0.3) is 0 Å². The first kappa shape index (κ1) is 14.8. The molecule has 19 heavy (non-hydrogen) atoms. The van der Waals surface area contributed by atoms with Crippen LogP contribution in [0, 0.1) is 5.82 Å². The molecule has 0 radical (unpaired) electrons. The van der Waals surface area contributed by atoms with Crippen molar-refractivity contribution < 1.29 is 4.39 Å². The lowest BCUT2D eigenvalue weighted by Crippen LogP contribution is -2.06. The lowest BCUT2D eigenvalue weighted by Gasteiger charge is -2.15. The van der Waals surface area contributed by atoms with E-state index in [1.807, 2.05) is 24.3 Å². The molecule has 0 fully saturated rings. The lowest BCUT2D eigenvalue weighted by molar-refractivity contribution is 0.590. The molecule has 0 aromatic heterocycles. The van der Waals surface area contributed by atoms with Gasteiger partial charge < -0.3 is 0 Å². The molecular formula is C15H12BrCl2F. The first-order chi connectivity index (χ1) is 9.11. The zero-order valence-corrected chi connectivity index (χ0v) is 13.1. The molecule has 1 unspecified atom stereocenters. The summed E-state index contributed by atoms with van der Waals surface area (Å²) < 4.78 is 13.8. The van der Waals surface area contributed by atoms with Gasteiger partial charge in [-0.2, -0.15) is 0 Å². The van der Waals surface area contributed by atoms with Crippen LogP contribution in [0.2, 0.25) is 10.0 Å². The van der Waals surface area contributed by atoms with Crippen molar-refractivity contribution in [3.05, 3.63) is 69.5 Å². The van der Waals surface area contributed by atoms with Gasteiger partial charge in [0, 0.05) is 11.2 Å². The lowest BCUT2D eigenvalue weighted by atomic mass is 9.93. The van der Waals surface area contributed by atoms with Crippen LogP contribution in [0.1, 0.15) is 17.0 Å². The standard InChI is InChI=1S/C15H12BrCl2F/c16-9-11(12-3-1-2-4-15(12)19)7-10-5-6-13(17)14(18)8-10/h1-6,8,11H,7,9H2. The van der Waals surface area contributed by atoms with E-state index < -0.39 is 0 Å². The molecule has 4 heteroatoms. The largest absolute Gasteiger partial charge is 0.207 e. The van der Waals surface area contributed by atoms with Gasteiger partial charge in [-0.25, -0.2) is 4.39 Å². The van der Waals surface area contributed by atoms with Crippen molar-refractivity contribution in [2.24, 2.45) is 0 Å². The summed E-state index contributed by atoms with van der Waals surface area (Å²) in [5.41, 5.74) is 1.76. The van der Waals surface area contributed by atoms with Crippen LogP contribution >= 0.6 is 39.1 Å². The predicted molar refractivity (Wildman–Crippen MR) is 83.1 cm³/mol. The van der Waals surface area contributed by atoms with Crippen LogP contribution in [0.5, 0.6) is 0 Å². The summed E-state index contributed by atoms with van der Waals surface area (Å²) >= 11 is 15.3. The molecule has 0 nitrogen and oxygen atoms in total. The SMILES string of the molecule is Fc1ccccc1C(CBr)Cc1ccc(Cl)c(Cl)c1. The van der Waals surface area contributed by atoms with Crippen LogP contribution in [-0.2, 0) is 6.42 Å². The third-order valence-electron chi connectivity index (χ3n) is 3.00. The fourth-order valence-electron chi connectivity index (χ4n) is 2.00. The Labute approximate surface area is 130 Å². The topological polar surface area (TPSA) is 0 Å². The number of halogens is 4. The van der Waals surface area contributed by atoms with Crippen LogP contribution in [0.4, 0.5) is 4.39 Å². The molecule has 2 aromatic rings. The first-order valence-corrected chi connectivity index (χ1v) is 7.74. The van der Waals surface area contributed by atoms with Crippen molar-refractivity contribution >= 4 is 39.1 Å². The predicted octanol–water partition coefficient (Wildman–Crippen LogP) is 5.85.